The Kier molecular flexibility index (Phi) is 7.63. The number of ether oxygens (including phenoxy) is 2. The predicted octanol–water partition coefficient (Wildman–Crippen LogP) is 4.02. The smallest absolute Gasteiger partial charge is 0.331 e. The lowest BCUT2D eigenvalue weighted by Gasteiger charge is -2.29. The molecular weight excluding hydrogens is 426 g/mol. The van der Waals surface area contributed by atoms with E-state index in [0.29, 0.717) is 0 Å². The van der Waals surface area contributed by atoms with Crippen molar-refractivity contribution in [3.63, 3.8) is 0 Å². The summed E-state index contributed by atoms with van der Waals surface area (Å²) in [5.74, 6) is -3.84. The van der Waals surface area contributed by atoms with E-state index in [0.717, 1.165) is 25.3 Å². The van der Waals surface area contributed by atoms with Gasteiger partial charge in [0.2, 0.25) is 0 Å². The van der Waals surface area contributed by atoms with Crippen LogP contribution in [0.1, 0.15) is 38.1 Å². The molecule has 10 heteroatoms. The summed E-state index contributed by atoms with van der Waals surface area (Å²) in [5, 5.41) is 14.0. The van der Waals surface area contributed by atoms with Crippen LogP contribution in [0.5, 0.6) is 0 Å². The van der Waals surface area contributed by atoms with Crippen LogP contribution in [0, 0.1) is 21.7 Å². The minimum Gasteiger partial charge on any atom is -0.467 e. The number of hydrogen-bond donors (Lipinski definition) is 1. The van der Waals surface area contributed by atoms with E-state index in [-0.39, 0.29) is 16.7 Å². The number of nitro benzene ring substituents is 1. The van der Waals surface area contributed by atoms with Gasteiger partial charge in [-0.3, -0.25) is 14.9 Å². The number of hydrogen-bond acceptors (Lipinski definition) is 6. The lowest BCUT2D eigenvalue weighted by molar-refractivity contribution is -0.385. The first kappa shape index (κ1) is 24.9. The fourth-order valence-electron chi connectivity index (χ4n) is 3.07. The first-order valence-corrected chi connectivity index (χ1v) is 9.64. The largest absolute Gasteiger partial charge is 0.467 e. The predicted molar refractivity (Wildman–Crippen MR) is 112 cm³/mol. The van der Waals surface area contributed by atoms with Gasteiger partial charge in [0, 0.05) is 6.07 Å². The van der Waals surface area contributed by atoms with Gasteiger partial charge in [-0.15, -0.1) is 0 Å². The second-order valence-electron chi connectivity index (χ2n) is 8.03. The molecule has 0 saturated carbocycles. The van der Waals surface area contributed by atoms with E-state index >= 15 is 0 Å². The third kappa shape index (κ3) is 6.07. The molecule has 2 atom stereocenters. The van der Waals surface area contributed by atoms with Gasteiger partial charge in [-0.1, -0.05) is 12.1 Å². The highest BCUT2D eigenvalue weighted by Crippen LogP contribution is 2.28. The van der Waals surface area contributed by atoms with Crippen LogP contribution in [-0.2, 0) is 14.3 Å². The van der Waals surface area contributed by atoms with Gasteiger partial charge in [0.15, 0.2) is 17.7 Å². The van der Waals surface area contributed by atoms with Gasteiger partial charge in [0.1, 0.15) is 5.56 Å². The molecule has 0 aliphatic heterocycles. The first-order valence-electron chi connectivity index (χ1n) is 9.64. The highest BCUT2D eigenvalue weighted by Gasteiger charge is 2.33. The van der Waals surface area contributed by atoms with Gasteiger partial charge < -0.3 is 14.8 Å². The number of rotatable bonds is 7. The van der Waals surface area contributed by atoms with Crippen molar-refractivity contribution >= 4 is 17.6 Å². The normalized spacial score (nSPS) is 13.2. The van der Waals surface area contributed by atoms with Crippen molar-refractivity contribution < 1.29 is 32.8 Å². The van der Waals surface area contributed by atoms with Crippen molar-refractivity contribution in [1.82, 2.24) is 5.32 Å². The summed E-state index contributed by atoms with van der Waals surface area (Å²) in [6, 6.07) is 5.43. The van der Waals surface area contributed by atoms with Gasteiger partial charge in [-0.25, -0.2) is 13.6 Å². The summed E-state index contributed by atoms with van der Waals surface area (Å²) in [6.45, 7) is 6.86. The summed E-state index contributed by atoms with van der Waals surface area (Å²) >= 11 is 0. The van der Waals surface area contributed by atoms with E-state index in [2.05, 4.69) is 5.32 Å². The second-order valence-corrected chi connectivity index (χ2v) is 8.03. The maximum absolute atomic E-state index is 13.5. The molecule has 8 nitrogen and oxygen atoms in total. The molecule has 0 spiro atoms. The second kappa shape index (κ2) is 9.82. The topological polar surface area (TPSA) is 108 Å². The number of carbonyl (C=O) groups is 2. The van der Waals surface area contributed by atoms with E-state index in [1.54, 1.807) is 27.7 Å². The zero-order chi connectivity index (χ0) is 24.2. The Morgan fingerprint density at radius 3 is 2.19 bits per heavy atom. The van der Waals surface area contributed by atoms with Crippen LogP contribution in [0.4, 0.5) is 14.5 Å². The number of methoxy groups -OCH3 is 1. The minimum atomic E-state index is -1.22. The third-order valence-electron chi connectivity index (χ3n) is 4.44. The van der Waals surface area contributed by atoms with Crippen molar-refractivity contribution in [1.29, 1.82) is 0 Å². The van der Waals surface area contributed by atoms with Gasteiger partial charge in [0.25, 0.3) is 11.6 Å². The lowest BCUT2D eigenvalue weighted by Crippen LogP contribution is -2.51. The molecule has 0 radical (unpaired) electrons. The lowest BCUT2D eigenvalue weighted by atomic mass is 10.0. The van der Waals surface area contributed by atoms with Crippen LogP contribution >= 0.6 is 0 Å². The molecule has 2 aromatic carbocycles. The van der Waals surface area contributed by atoms with Crippen LogP contribution in [-0.4, -0.2) is 41.7 Å². The Morgan fingerprint density at radius 1 is 1.06 bits per heavy atom. The minimum absolute atomic E-state index is 0.193. The van der Waals surface area contributed by atoms with Gasteiger partial charge in [0.05, 0.1) is 23.7 Å². The zero-order valence-electron chi connectivity index (χ0n) is 18.3. The molecule has 0 heterocycles. The number of nitrogens with zero attached hydrogens (tertiary/aromatic N) is 1. The maximum atomic E-state index is 13.5. The molecule has 0 unspecified atom stereocenters. The van der Waals surface area contributed by atoms with Crippen molar-refractivity contribution in [2.24, 2.45) is 0 Å². The summed E-state index contributed by atoms with van der Waals surface area (Å²) in [4.78, 5) is 35.9. The molecule has 172 valence electrons. The molecule has 0 aliphatic rings. The van der Waals surface area contributed by atoms with Crippen LogP contribution in [0.2, 0.25) is 0 Å². The first-order chi connectivity index (χ1) is 14.8. The standard InChI is InChI=1S/C22H24F2N2O6/c1-12(32-22(2,3)4)19(21(28)31-5)25-20(27)15-8-6-14(11-18(15)26(29)30)13-7-9-16(23)17(24)10-13/h6-12,19H,1-5H3,(H,25,27)/t12-,19+/m0/s1. The van der Waals surface area contributed by atoms with E-state index in [9.17, 15) is 28.5 Å². The highest BCUT2D eigenvalue weighted by atomic mass is 19.2. The van der Waals surface area contributed by atoms with Crippen molar-refractivity contribution in [2.45, 2.75) is 45.4 Å². The SMILES string of the molecule is COC(=O)[C@H](NC(=O)c1ccc(-c2ccc(F)c(F)c2)cc1[N+](=O)[O-])[C@H](C)OC(C)(C)C. The fraction of sp³-hybridized carbons (Fsp3) is 0.364. The van der Waals surface area contributed by atoms with Gasteiger partial charge in [-0.05, 0) is 57.0 Å². The van der Waals surface area contributed by atoms with E-state index in [1.807, 2.05) is 0 Å². The van der Waals surface area contributed by atoms with Crippen LogP contribution in [0.3, 0.4) is 0 Å². The molecule has 0 aliphatic carbocycles. The number of nitro groups is 1. The molecule has 0 aromatic heterocycles. The molecule has 0 bridgehead atoms. The number of carbonyl (C=O) groups excluding carboxylic acids is 2. The van der Waals surface area contributed by atoms with E-state index < -0.39 is 51.9 Å². The van der Waals surface area contributed by atoms with Crippen molar-refractivity contribution in [3.05, 3.63) is 63.7 Å². The molecule has 32 heavy (non-hydrogen) atoms. The van der Waals surface area contributed by atoms with E-state index in [4.69, 9.17) is 9.47 Å². The Hall–Kier alpha value is -3.40. The Balaban J connectivity index is 2.39. The summed E-state index contributed by atoms with van der Waals surface area (Å²) in [5.41, 5.74) is -1.12. The monoisotopic (exact) mass is 450 g/mol. The molecule has 2 aromatic rings. The van der Waals surface area contributed by atoms with Crippen molar-refractivity contribution in [2.75, 3.05) is 7.11 Å². The molecule has 0 fully saturated rings. The average Bonchev–Trinajstić information content (AvgIpc) is 2.71. The number of esters is 1. The van der Waals surface area contributed by atoms with Crippen LogP contribution < -0.4 is 5.32 Å². The molecule has 2 rings (SSSR count). The van der Waals surface area contributed by atoms with Crippen LogP contribution in [0.15, 0.2) is 36.4 Å². The molecular formula is C22H24F2N2O6. The fourth-order valence-corrected chi connectivity index (χ4v) is 3.07. The Bertz CT molecular complexity index is 1040. The zero-order valence-corrected chi connectivity index (χ0v) is 18.3. The quantitative estimate of drug-likeness (QED) is 0.388. The van der Waals surface area contributed by atoms with Gasteiger partial charge >= 0.3 is 5.97 Å². The molecule has 1 N–H and O–H groups in total. The van der Waals surface area contributed by atoms with Crippen molar-refractivity contribution in [3.8, 4) is 11.1 Å². The number of amides is 1. The van der Waals surface area contributed by atoms with E-state index in [1.165, 1.54) is 18.2 Å². The number of benzene rings is 2. The molecule has 0 saturated heterocycles. The molecule has 1 amide bonds. The number of halogens is 2. The number of nitrogens with one attached hydrogen (secondary N) is 1. The maximum Gasteiger partial charge on any atom is 0.331 e. The van der Waals surface area contributed by atoms with Crippen LogP contribution in [0.25, 0.3) is 11.1 Å². The summed E-state index contributed by atoms with van der Waals surface area (Å²) < 4.78 is 37.2. The highest BCUT2D eigenvalue weighted by molar-refractivity contribution is 6.01. The average molecular weight is 450 g/mol. The Labute approximate surface area is 183 Å². The summed E-state index contributed by atoms with van der Waals surface area (Å²) in [7, 11) is 1.14. The summed E-state index contributed by atoms with van der Waals surface area (Å²) in [6.07, 6.45) is -0.799. The Morgan fingerprint density at radius 2 is 1.66 bits per heavy atom. The van der Waals surface area contributed by atoms with Gasteiger partial charge in [-0.2, -0.15) is 0 Å². The third-order valence-corrected chi connectivity index (χ3v) is 4.44.